The van der Waals surface area contributed by atoms with Crippen LogP contribution in [-0.4, -0.2) is 22.4 Å². The van der Waals surface area contributed by atoms with E-state index in [1.54, 1.807) is 5.01 Å². The fraction of sp³-hybridized carbons (Fsp3) is 0.182. The van der Waals surface area contributed by atoms with Crippen molar-refractivity contribution in [3.05, 3.63) is 98.5 Å². The van der Waals surface area contributed by atoms with Crippen molar-refractivity contribution in [2.45, 2.75) is 18.9 Å². The standard InChI is InChI=1S/C22H17F2N3O3/c23-16-9-13-6-5-12-3-1-2-4-14(12)19(15(13)10-17(16)24)27-11-25-22(30)20-21(29)18(28)7-8-26(20)27/h1-4,7-10,19,29H,5-6,11H2,(H,25,30). The van der Waals surface area contributed by atoms with Gasteiger partial charge < -0.3 is 10.4 Å². The van der Waals surface area contributed by atoms with Gasteiger partial charge in [-0.2, -0.15) is 0 Å². The Balaban J connectivity index is 1.79. The van der Waals surface area contributed by atoms with Gasteiger partial charge in [0.2, 0.25) is 5.43 Å². The minimum Gasteiger partial charge on any atom is -0.502 e. The van der Waals surface area contributed by atoms with Gasteiger partial charge in [0, 0.05) is 12.3 Å². The Bertz CT molecular complexity index is 1250. The van der Waals surface area contributed by atoms with Gasteiger partial charge in [0.1, 0.15) is 6.67 Å². The first-order valence-corrected chi connectivity index (χ1v) is 9.51. The Labute approximate surface area is 170 Å². The predicted molar refractivity (Wildman–Crippen MR) is 105 cm³/mol. The Morgan fingerprint density at radius 2 is 1.70 bits per heavy atom. The van der Waals surface area contributed by atoms with Gasteiger partial charge in [-0.1, -0.05) is 24.3 Å². The van der Waals surface area contributed by atoms with Gasteiger partial charge >= 0.3 is 0 Å². The highest BCUT2D eigenvalue weighted by atomic mass is 19.2. The van der Waals surface area contributed by atoms with Crippen molar-refractivity contribution >= 4 is 5.91 Å². The molecule has 0 fully saturated rings. The Kier molecular flexibility index (Phi) is 4.09. The monoisotopic (exact) mass is 409 g/mol. The number of aromatic hydroxyl groups is 1. The van der Waals surface area contributed by atoms with Gasteiger partial charge in [0.25, 0.3) is 5.91 Å². The van der Waals surface area contributed by atoms with Gasteiger partial charge in [-0.3, -0.25) is 19.3 Å². The number of fused-ring (bicyclic) bond motifs is 3. The van der Waals surface area contributed by atoms with E-state index in [2.05, 4.69) is 5.32 Å². The van der Waals surface area contributed by atoms with E-state index < -0.39 is 34.8 Å². The zero-order valence-electron chi connectivity index (χ0n) is 15.7. The third-order valence-electron chi connectivity index (χ3n) is 5.74. The molecule has 30 heavy (non-hydrogen) atoms. The molecule has 1 amide bonds. The molecule has 2 aromatic carbocycles. The van der Waals surface area contributed by atoms with Gasteiger partial charge in [0.15, 0.2) is 23.1 Å². The van der Waals surface area contributed by atoms with E-state index in [9.17, 15) is 23.5 Å². The van der Waals surface area contributed by atoms with Crippen LogP contribution in [0.25, 0.3) is 0 Å². The molecule has 0 radical (unpaired) electrons. The van der Waals surface area contributed by atoms with Gasteiger partial charge in [-0.25, -0.2) is 8.78 Å². The van der Waals surface area contributed by atoms with E-state index in [4.69, 9.17) is 0 Å². The van der Waals surface area contributed by atoms with Gasteiger partial charge in [0.05, 0.1) is 6.04 Å². The first-order chi connectivity index (χ1) is 14.5. The molecule has 2 N–H and O–H groups in total. The molecule has 1 unspecified atom stereocenters. The minimum absolute atomic E-state index is 0.0472. The minimum atomic E-state index is -0.956. The number of pyridine rings is 1. The summed E-state index contributed by atoms with van der Waals surface area (Å²) in [5, 5.41) is 14.6. The highest BCUT2D eigenvalue weighted by Gasteiger charge is 2.35. The van der Waals surface area contributed by atoms with E-state index in [-0.39, 0.29) is 12.4 Å². The molecule has 2 aliphatic rings. The molecule has 2 heterocycles. The molecule has 0 saturated carbocycles. The highest BCUT2D eigenvalue weighted by Crippen LogP contribution is 2.38. The SMILES string of the molecule is O=C1NCN(C2c3ccccc3CCc3cc(F)c(F)cc32)n2ccc(=O)c(O)c21. The smallest absolute Gasteiger partial charge is 0.275 e. The number of hydrogen-bond donors (Lipinski definition) is 2. The number of carbonyl (C=O) groups excluding carboxylic acids is 1. The van der Waals surface area contributed by atoms with E-state index in [1.807, 2.05) is 24.3 Å². The van der Waals surface area contributed by atoms with Crippen LogP contribution in [0.15, 0.2) is 53.5 Å². The van der Waals surface area contributed by atoms with E-state index in [1.165, 1.54) is 29.1 Å². The number of aryl methyl sites for hydroxylation is 2. The van der Waals surface area contributed by atoms with Crippen LogP contribution in [0.3, 0.4) is 0 Å². The number of hydrogen-bond acceptors (Lipinski definition) is 4. The maximum absolute atomic E-state index is 14.3. The van der Waals surface area contributed by atoms with Crippen molar-refractivity contribution in [2.24, 2.45) is 0 Å². The predicted octanol–water partition coefficient (Wildman–Crippen LogP) is 2.36. The summed E-state index contributed by atoms with van der Waals surface area (Å²) >= 11 is 0. The third kappa shape index (κ3) is 2.67. The second-order valence-electron chi connectivity index (χ2n) is 7.39. The summed E-state index contributed by atoms with van der Waals surface area (Å²) in [4.78, 5) is 24.3. The van der Waals surface area contributed by atoms with Crippen molar-refractivity contribution in [1.29, 1.82) is 0 Å². The van der Waals surface area contributed by atoms with Gasteiger partial charge in [-0.05, 0) is 47.2 Å². The van der Waals surface area contributed by atoms with Crippen LogP contribution in [0.4, 0.5) is 8.78 Å². The van der Waals surface area contributed by atoms with Crippen LogP contribution in [0.5, 0.6) is 5.75 Å². The molecule has 8 heteroatoms. The number of carbonyl (C=O) groups is 1. The molecule has 152 valence electrons. The summed E-state index contributed by atoms with van der Waals surface area (Å²) in [5.74, 6) is -3.12. The summed E-state index contributed by atoms with van der Waals surface area (Å²) in [6, 6.07) is 10.6. The van der Waals surface area contributed by atoms with E-state index in [0.29, 0.717) is 24.0 Å². The molecule has 6 nitrogen and oxygen atoms in total. The largest absolute Gasteiger partial charge is 0.502 e. The van der Waals surface area contributed by atoms with Crippen LogP contribution in [0.2, 0.25) is 0 Å². The molecule has 3 aromatic rings. The second-order valence-corrected chi connectivity index (χ2v) is 7.39. The van der Waals surface area contributed by atoms with Crippen LogP contribution in [0.1, 0.15) is 38.8 Å². The Morgan fingerprint density at radius 1 is 0.967 bits per heavy atom. The van der Waals surface area contributed by atoms with E-state index in [0.717, 1.165) is 11.1 Å². The maximum atomic E-state index is 14.3. The molecule has 1 aliphatic carbocycles. The highest BCUT2D eigenvalue weighted by molar-refractivity contribution is 5.96. The number of halogens is 2. The average molecular weight is 409 g/mol. The molecule has 0 saturated heterocycles. The molecule has 1 atom stereocenters. The summed E-state index contributed by atoms with van der Waals surface area (Å²) < 4.78 is 29.7. The second kappa shape index (κ2) is 6.69. The van der Waals surface area contributed by atoms with Crippen molar-refractivity contribution in [3.63, 3.8) is 0 Å². The lowest BCUT2D eigenvalue weighted by atomic mass is 9.93. The number of amides is 1. The lowest BCUT2D eigenvalue weighted by Gasteiger charge is -2.40. The summed E-state index contributed by atoms with van der Waals surface area (Å²) in [7, 11) is 0. The number of nitrogens with zero attached hydrogens (tertiary/aromatic N) is 2. The molecule has 1 aliphatic heterocycles. The van der Waals surface area contributed by atoms with Crippen molar-refractivity contribution in [2.75, 3.05) is 11.7 Å². The van der Waals surface area contributed by atoms with Crippen molar-refractivity contribution < 1.29 is 18.7 Å². The number of nitrogens with one attached hydrogen (secondary N) is 1. The van der Waals surface area contributed by atoms with Crippen LogP contribution in [0, 0.1) is 11.6 Å². The zero-order chi connectivity index (χ0) is 21.0. The molecule has 0 spiro atoms. The molecule has 1 aromatic heterocycles. The molecular weight excluding hydrogens is 392 g/mol. The fourth-order valence-electron chi connectivity index (χ4n) is 4.33. The summed E-state index contributed by atoms with van der Waals surface area (Å²) in [5.41, 5.74) is 2.26. The third-order valence-corrected chi connectivity index (χ3v) is 5.74. The van der Waals surface area contributed by atoms with E-state index >= 15 is 0 Å². The lowest BCUT2D eigenvalue weighted by molar-refractivity contribution is 0.0915. The van der Waals surface area contributed by atoms with Gasteiger partial charge in [-0.15, -0.1) is 0 Å². The van der Waals surface area contributed by atoms with Crippen LogP contribution in [-0.2, 0) is 12.8 Å². The average Bonchev–Trinajstić information content (AvgIpc) is 2.88. The quantitative estimate of drug-likeness (QED) is 0.647. The van der Waals surface area contributed by atoms with Crippen LogP contribution < -0.4 is 15.8 Å². The molecular formula is C22H17F2N3O3. The Morgan fingerprint density at radius 3 is 2.53 bits per heavy atom. The topological polar surface area (TPSA) is 74.6 Å². The first-order valence-electron chi connectivity index (χ1n) is 9.51. The fourth-order valence-corrected chi connectivity index (χ4v) is 4.33. The Hall–Kier alpha value is -3.68. The number of aromatic nitrogens is 1. The first kappa shape index (κ1) is 18.4. The lowest BCUT2D eigenvalue weighted by Crippen LogP contribution is -2.53. The molecule has 5 rings (SSSR count). The summed E-state index contributed by atoms with van der Waals surface area (Å²) in [6.07, 6.45) is 2.58. The number of rotatable bonds is 1. The zero-order valence-corrected chi connectivity index (χ0v) is 15.7. The van der Waals surface area contributed by atoms with Crippen molar-refractivity contribution in [3.8, 4) is 5.75 Å². The summed E-state index contributed by atoms with van der Waals surface area (Å²) in [6.45, 7) is 0.0472. The molecule has 0 bridgehead atoms. The number of benzene rings is 2. The van der Waals surface area contributed by atoms with Crippen LogP contribution >= 0.6 is 0 Å². The normalized spacial score (nSPS) is 17.5. The van der Waals surface area contributed by atoms with Crippen molar-refractivity contribution in [1.82, 2.24) is 9.99 Å². The maximum Gasteiger partial charge on any atom is 0.275 e.